The molecule has 1 fully saturated rings. The Labute approximate surface area is 101 Å². The van der Waals surface area contributed by atoms with Crippen LogP contribution < -0.4 is 11.4 Å². The average molecular weight is 252 g/mol. The van der Waals surface area contributed by atoms with Crippen molar-refractivity contribution in [3.8, 4) is 0 Å². The van der Waals surface area contributed by atoms with Crippen molar-refractivity contribution in [3.63, 3.8) is 0 Å². The Hall–Kier alpha value is -2.09. The first-order valence-electron chi connectivity index (χ1n) is 5.29. The third-order valence-electron chi connectivity index (χ3n) is 2.82. The lowest BCUT2D eigenvalue weighted by Crippen LogP contribution is -2.51. The van der Waals surface area contributed by atoms with Gasteiger partial charge < -0.3 is 15.6 Å². The molecule has 1 aliphatic rings. The fourth-order valence-corrected chi connectivity index (χ4v) is 1.88. The Morgan fingerprint density at radius 2 is 2.50 bits per heavy atom. The molecule has 0 bridgehead atoms. The number of rotatable bonds is 4. The van der Waals surface area contributed by atoms with Crippen LogP contribution >= 0.6 is 0 Å². The Morgan fingerprint density at radius 3 is 3.11 bits per heavy atom. The summed E-state index contributed by atoms with van der Waals surface area (Å²) < 4.78 is 6.62. The molecule has 1 aromatic heterocycles. The molecule has 1 saturated heterocycles. The molecule has 0 radical (unpaired) electrons. The number of aliphatic hydroxyl groups excluding tert-OH is 1. The van der Waals surface area contributed by atoms with Crippen molar-refractivity contribution < 1.29 is 9.84 Å². The molecule has 9 heteroatoms. The van der Waals surface area contributed by atoms with Crippen LogP contribution in [0.1, 0.15) is 6.23 Å². The second-order valence-corrected chi connectivity index (χ2v) is 3.87. The zero-order valence-electron chi connectivity index (χ0n) is 9.38. The number of aromatic nitrogens is 2. The summed E-state index contributed by atoms with van der Waals surface area (Å²) in [7, 11) is 0. The quantitative estimate of drug-likeness (QED) is 0.428. The van der Waals surface area contributed by atoms with E-state index < -0.39 is 18.0 Å². The van der Waals surface area contributed by atoms with Crippen LogP contribution in [0, 0.1) is 5.92 Å². The maximum atomic E-state index is 11.6. The van der Waals surface area contributed by atoms with Gasteiger partial charge in [-0.3, -0.25) is 4.57 Å². The van der Waals surface area contributed by atoms with Crippen molar-refractivity contribution in [3.05, 3.63) is 33.2 Å². The molecule has 0 aromatic carbocycles. The number of hydrogen-bond acceptors (Lipinski definition) is 6. The number of nitrogen functional groups attached to an aromatic ring is 1. The summed E-state index contributed by atoms with van der Waals surface area (Å²) in [6.07, 6.45) is 0.435. The number of nitrogens with two attached hydrogens (primary N) is 1. The second-order valence-electron chi connectivity index (χ2n) is 3.87. The van der Waals surface area contributed by atoms with Gasteiger partial charge in [0, 0.05) is 23.6 Å². The lowest BCUT2D eigenvalue weighted by atomic mass is 9.94. The van der Waals surface area contributed by atoms with E-state index >= 15 is 0 Å². The number of azide groups is 1. The molecule has 96 valence electrons. The number of ether oxygens (including phenoxy) is 1. The van der Waals surface area contributed by atoms with Gasteiger partial charge in [-0.2, -0.15) is 4.98 Å². The van der Waals surface area contributed by atoms with Gasteiger partial charge in [0.25, 0.3) is 0 Å². The van der Waals surface area contributed by atoms with Gasteiger partial charge in [-0.1, -0.05) is 5.11 Å². The predicted octanol–water partition coefficient (Wildman–Crippen LogP) is -0.358. The van der Waals surface area contributed by atoms with Crippen LogP contribution in [0.3, 0.4) is 0 Å². The molecule has 18 heavy (non-hydrogen) atoms. The van der Waals surface area contributed by atoms with Crippen LogP contribution in [-0.2, 0) is 4.74 Å². The van der Waals surface area contributed by atoms with Gasteiger partial charge in [-0.15, -0.1) is 0 Å². The third-order valence-corrected chi connectivity index (χ3v) is 2.82. The predicted molar refractivity (Wildman–Crippen MR) is 61.4 cm³/mol. The largest absolute Gasteiger partial charge is 0.394 e. The second kappa shape index (κ2) is 5.05. The Morgan fingerprint density at radius 1 is 1.72 bits per heavy atom. The van der Waals surface area contributed by atoms with Crippen LogP contribution in [0.4, 0.5) is 5.82 Å². The molecule has 0 spiro atoms. The van der Waals surface area contributed by atoms with Gasteiger partial charge in [0.2, 0.25) is 0 Å². The lowest BCUT2D eigenvalue weighted by Gasteiger charge is -2.43. The summed E-state index contributed by atoms with van der Waals surface area (Å²) >= 11 is 0. The first kappa shape index (κ1) is 12.4. The van der Waals surface area contributed by atoms with Crippen LogP contribution in [0.15, 0.2) is 22.2 Å². The van der Waals surface area contributed by atoms with E-state index in [0.717, 1.165) is 0 Å². The van der Waals surface area contributed by atoms with Crippen LogP contribution in [-0.4, -0.2) is 33.9 Å². The van der Waals surface area contributed by atoms with E-state index in [9.17, 15) is 4.79 Å². The van der Waals surface area contributed by atoms with Crippen molar-refractivity contribution in [2.75, 3.05) is 18.9 Å². The van der Waals surface area contributed by atoms with E-state index in [0.29, 0.717) is 0 Å². The molecule has 0 unspecified atom stereocenters. The highest BCUT2D eigenvalue weighted by molar-refractivity contribution is 5.23. The van der Waals surface area contributed by atoms with Gasteiger partial charge in [-0.05, 0) is 11.6 Å². The molecule has 2 rings (SSSR count). The number of aliphatic hydroxyl groups is 1. The molecule has 1 aromatic rings. The molecule has 0 amide bonds. The van der Waals surface area contributed by atoms with Gasteiger partial charge in [-0.25, -0.2) is 4.79 Å². The average Bonchev–Trinajstić information content (AvgIpc) is 2.31. The third kappa shape index (κ3) is 2.14. The molecule has 3 N–H and O–H groups in total. The standard InChI is InChI=1S/C9H12N6O3/c10-7-1-2-15(9(17)13-7)8-5(3-12-14-11)6(4-16)18-8/h1-2,5-6,8,16H,3-4H2,(H2,10,13,17)/t5-,6-,8-/m1/s1. The molecule has 2 heterocycles. The van der Waals surface area contributed by atoms with E-state index in [1.807, 2.05) is 0 Å². The summed E-state index contributed by atoms with van der Waals surface area (Å²) in [5, 5.41) is 12.5. The minimum absolute atomic E-state index is 0.126. The van der Waals surface area contributed by atoms with E-state index in [-0.39, 0.29) is 24.9 Å². The van der Waals surface area contributed by atoms with Gasteiger partial charge in [0.05, 0.1) is 12.7 Å². The van der Waals surface area contributed by atoms with E-state index in [1.54, 1.807) is 0 Å². The van der Waals surface area contributed by atoms with Crippen molar-refractivity contribution in [1.29, 1.82) is 0 Å². The Kier molecular flexibility index (Phi) is 3.47. The molecule has 0 saturated carbocycles. The summed E-state index contributed by atoms with van der Waals surface area (Å²) in [6.45, 7) is -0.0531. The highest BCUT2D eigenvalue weighted by atomic mass is 16.5. The van der Waals surface area contributed by atoms with E-state index in [2.05, 4.69) is 15.0 Å². The minimum Gasteiger partial charge on any atom is -0.394 e. The molecular formula is C9H12N6O3. The van der Waals surface area contributed by atoms with Crippen molar-refractivity contribution in [2.45, 2.75) is 12.3 Å². The first-order chi connectivity index (χ1) is 8.67. The van der Waals surface area contributed by atoms with Crippen LogP contribution in [0.5, 0.6) is 0 Å². The molecule has 3 atom stereocenters. The van der Waals surface area contributed by atoms with Gasteiger partial charge in [0.15, 0.2) is 0 Å². The lowest BCUT2D eigenvalue weighted by molar-refractivity contribution is -0.232. The van der Waals surface area contributed by atoms with Gasteiger partial charge in [0.1, 0.15) is 12.0 Å². The topological polar surface area (TPSA) is 139 Å². The summed E-state index contributed by atoms with van der Waals surface area (Å²) in [5.41, 5.74) is 13.1. The normalized spacial score (nSPS) is 26.2. The van der Waals surface area contributed by atoms with Crippen LogP contribution in [0.2, 0.25) is 0 Å². The Bertz CT molecular complexity index is 537. The first-order valence-corrected chi connectivity index (χ1v) is 5.29. The van der Waals surface area contributed by atoms with Crippen molar-refractivity contribution >= 4 is 5.82 Å². The molecule has 0 aliphatic carbocycles. The SMILES string of the molecule is [N-]=[N+]=NC[C@H]1[C@H](n2ccc(N)nc2=O)O[C@@H]1CO. The van der Waals surface area contributed by atoms with E-state index in [1.165, 1.54) is 16.8 Å². The summed E-state index contributed by atoms with van der Waals surface area (Å²) in [4.78, 5) is 17.9. The zero-order valence-corrected chi connectivity index (χ0v) is 9.38. The van der Waals surface area contributed by atoms with Crippen molar-refractivity contribution in [2.24, 2.45) is 11.0 Å². The Balaban J connectivity index is 2.22. The number of nitrogens with zero attached hydrogens (tertiary/aromatic N) is 5. The van der Waals surface area contributed by atoms with E-state index in [4.69, 9.17) is 21.1 Å². The molecule has 9 nitrogen and oxygen atoms in total. The highest BCUT2D eigenvalue weighted by Crippen LogP contribution is 2.36. The summed E-state index contributed by atoms with van der Waals surface area (Å²) in [6, 6.07) is 1.47. The van der Waals surface area contributed by atoms with Crippen LogP contribution in [0.25, 0.3) is 10.4 Å². The fraction of sp³-hybridized carbons (Fsp3) is 0.556. The number of hydrogen-bond donors (Lipinski definition) is 2. The maximum Gasteiger partial charge on any atom is 0.351 e. The monoisotopic (exact) mass is 252 g/mol. The van der Waals surface area contributed by atoms with Crippen molar-refractivity contribution in [1.82, 2.24) is 9.55 Å². The molecule has 1 aliphatic heterocycles. The minimum atomic E-state index is -0.590. The summed E-state index contributed by atoms with van der Waals surface area (Å²) in [5.74, 6) is -0.130. The number of anilines is 1. The highest BCUT2D eigenvalue weighted by Gasteiger charge is 2.43. The fourth-order valence-electron chi connectivity index (χ4n) is 1.88. The molecular weight excluding hydrogens is 240 g/mol. The maximum absolute atomic E-state index is 11.6. The smallest absolute Gasteiger partial charge is 0.351 e. The van der Waals surface area contributed by atoms with Gasteiger partial charge >= 0.3 is 5.69 Å². The zero-order chi connectivity index (χ0) is 13.1.